The molecule has 168 valence electrons. The van der Waals surface area contributed by atoms with Crippen LogP contribution in [0.2, 0.25) is 0 Å². The van der Waals surface area contributed by atoms with E-state index in [0.29, 0.717) is 12.8 Å². The highest BCUT2D eigenvalue weighted by Crippen LogP contribution is 2.50. The number of halogens is 1. The highest BCUT2D eigenvalue weighted by atomic mass is 19.1. The van der Waals surface area contributed by atoms with E-state index in [1.807, 2.05) is 26.0 Å². The lowest BCUT2D eigenvalue weighted by Gasteiger charge is -2.43. The molecule has 0 atom stereocenters. The number of rotatable bonds is 3. The highest BCUT2D eigenvalue weighted by molar-refractivity contribution is 6.10. The minimum Gasteiger partial charge on any atom is -0.359 e. The van der Waals surface area contributed by atoms with E-state index in [1.165, 1.54) is 12.1 Å². The van der Waals surface area contributed by atoms with Crippen LogP contribution in [0, 0.1) is 31.0 Å². The van der Waals surface area contributed by atoms with Gasteiger partial charge in [0.15, 0.2) is 0 Å². The maximum Gasteiger partial charge on any atom is 0.222 e. The Bertz CT molecular complexity index is 1020. The molecule has 0 aliphatic heterocycles. The summed E-state index contributed by atoms with van der Waals surface area (Å²) in [7, 11) is 1.65. The van der Waals surface area contributed by atoms with Gasteiger partial charge in [-0.05, 0) is 84.9 Å². The van der Waals surface area contributed by atoms with Crippen molar-refractivity contribution in [1.29, 1.82) is 0 Å². The summed E-state index contributed by atoms with van der Waals surface area (Å²) in [4.78, 5) is 38.6. The summed E-state index contributed by atoms with van der Waals surface area (Å²) in [5.74, 6) is -0.952. The van der Waals surface area contributed by atoms with Crippen molar-refractivity contribution in [1.82, 2.24) is 5.32 Å². The molecule has 0 heterocycles. The zero-order valence-electron chi connectivity index (χ0n) is 19.0. The largest absolute Gasteiger partial charge is 0.359 e. The van der Waals surface area contributed by atoms with E-state index in [4.69, 9.17) is 0 Å². The van der Waals surface area contributed by atoms with Gasteiger partial charge in [0.2, 0.25) is 5.91 Å². The van der Waals surface area contributed by atoms with Gasteiger partial charge in [-0.2, -0.15) is 0 Å². The lowest BCUT2D eigenvalue weighted by atomic mass is 9.59. The first-order valence-corrected chi connectivity index (χ1v) is 11.4. The molecular weight excluding hydrogens is 405 g/mol. The molecule has 2 aromatic carbocycles. The second kappa shape index (κ2) is 8.61. The van der Waals surface area contributed by atoms with Crippen molar-refractivity contribution in [3.63, 3.8) is 0 Å². The van der Waals surface area contributed by atoms with Gasteiger partial charge in [-0.15, -0.1) is 0 Å². The van der Waals surface area contributed by atoms with Gasteiger partial charge in [-0.3, -0.25) is 14.4 Å². The maximum atomic E-state index is 13.3. The van der Waals surface area contributed by atoms with Gasteiger partial charge in [-0.1, -0.05) is 24.3 Å². The van der Waals surface area contributed by atoms with Crippen LogP contribution in [0.15, 0.2) is 36.4 Å². The number of hydrogen-bond acceptors (Lipinski definition) is 3. The third-order valence-electron chi connectivity index (χ3n) is 7.47. The SMILES string of the molecule is CNC(=O)C1CCC2(CC1)CC(=O)C(c1c(C)cc(-c3ccc(F)cc3)cc1C)C(=O)C2. The molecule has 2 aromatic rings. The van der Waals surface area contributed by atoms with Gasteiger partial charge >= 0.3 is 0 Å². The molecule has 0 unspecified atom stereocenters. The summed E-state index contributed by atoms with van der Waals surface area (Å²) in [6, 6.07) is 10.3. The highest BCUT2D eigenvalue weighted by Gasteiger charge is 2.48. The standard InChI is InChI=1S/C27H30FNO3/c1-16-12-20(18-4-6-21(28)7-5-18)13-17(2)24(16)25-22(30)14-27(15-23(25)31)10-8-19(9-11-27)26(32)29-3/h4-7,12-13,19,25H,8-11,14-15H2,1-3H3,(H,29,32). The second-order valence-corrected chi connectivity index (χ2v) is 9.64. The predicted molar refractivity (Wildman–Crippen MR) is 122 cm³/mol. The first kappa shape index (κ1) is 22.4. The topological polar surface area (TPSA) is 63.2 Å². The van der Waals surface area contributed by atoms with Crippen molar-refractivity contribution in [2.75, 3.05) is 7.05 Å². The molecule has 32 heavy (non-hydrogen) atoms. The quantitative estimate of drug-likeness (QED) is 0.687. The molecule has 0 bridgehead atoms. The number of hydrogen-bond donors (Lipinski definition) is 1. The Hall–Kier alpha value is -2.82. The number of benzene rings is 2. The molecule has 1 amide bonds. The number of carbonyl (C=O) groups is 3. The fourth-order valence-electron chi connectivity index (χ4n) is 5.80. The Morgan fingerprint density at radius 2 is 1.47 bits per heavy atom. The summed E-state index contributed by atoms with van der Waals surface area (Å²) >= 11 is 0. The summed E-state index contributed by atoms with van der Waals surface area (Å²) in [5, 5.41) is 2.71. The minimum atomic E-state index is -0.709. The van der Waals surface area contributed by atoms with Crippen molar-refractivity contribution in [3.05, 3.63) is 58.9 Å². The van der Waals surface area contributed by atoms with Crippen LogP contribution in [-0.4, -0.2) is 24.5 Å². The zero-order valence-corrected chi connectivity index (χ0v) is 19.0. The van der Waals surface area contributed by atoms with E-state index in [2.05, 4.69) is 5.32 Å². The molecule has 2 aliphatic carbocycles. The van der Waals surface area contributed by atoms with Crippen LogP contribution in [-0.2, 0) is 14.4 Å². The van der Waals surface area contributed by atoms with Gasteiger partial charge in [-0.25, -0.2) is 4.39 Å². The van der Waals surface area contributed by atoms with E-state index in [-0.39, 0.29) is 34.6 Å². The van der Waals surface area contributed by atoms with Crippen LogP contribution in [0.3, 0.4) is 0 Å². The summed E-state index contributed by atoms with van der Waals surface area (Å²) in [5.41, 5.74) is 4.21. The molecule has 0 saturated heterocycles. The lowest BCUT2D eigenvalue weighted by molar-refractivity contribution is -0.138. The fraction of sp³-hybridized carbons (Fsp3) is 0.444. The predicted octanol–water partition coefficient (Wildman–Crippen LogP) is 5.05. The summed E-state index contributed by atoms with van der Waals surface area (Å²) < 4.78 is 13.3. The molecule has 2 fully saturated rings. The smallest absolute Gasteiger partial charge is 0.222 e. The molecule has 1 spiro atoms. The number of ketones is 2. The molecule has 4 nitrogen and oxygen atoms in total. The Balaban J connectivity index is 1.56. The third kappa shape index (κ3) is 4.13. The van der Waals surface area contributed by atoms with Crippen molar-refractivity contribution in [2.24, 2.45) is 11.3 Å². The van der Waals surface area contributed by atoms with Crippen molar-refractivity contribution >= 4 is 17.5 Å². The van der Waals surface area contributed by atoms with Gasteiger partial charge in [0, 0.05) is 25.8 Å². The first-order valence-electron chi connectivity index (χ1n) is 11.4. The summed E-state index contributed by atoms with van der Waals surface area (Å²) in [6.07, 6.45) is 3.77. The molecule has 2 aliphatic rings. The van der Waals surface area contributed by atoms with Crippen LogP contribution in [0.4, 0.5) is 4.39 Å². The van der Waals surface area contributed by atoms with Crippen LogP contribution in [0.1, 0.15) is 61.1 Å². The minimum absolute atomic E-state index is 0.000347. The lowest BCUT2D eigenvalue weighted by Crippen LogP contribution is -2.43. The van der Waals surface area contributed by atoms with E-state index >= 15 is 0 Å². The molecule has 0 aromatic heterocycles. The third-order valence-corrected chi connectivity index (χ3v) is 7.47. The van der Waals surface area contributed by atoms with Crippen molar-refractivity contribution in [2.45, 2.75) is 58.3 Å². The Kier molecular flexibility index (Phi) is 6.02. The number of carbonyl (C=O) groups excluding carboxylic acids is 3. The number of amides is 1. The molecule has 5 heteroatoms. The van der Waals surface area contributed by atoms with E-state index in [9.17, 15) is 18.8 Å². The van der Waals surface area contributed by atoms with E-state index in [0.717, 1.165) is 53.5 Å². The maximum absolute atomic E-state index is 13.3. The van der Waals surface area contributed by atoms with Crippen LogP contribution >= 0.6 is 0 Å². The molecule has 1 N–H and O–H groups in total. The van der Waals surface area contributed by atoms with Crippen molar-refractivity contribution in [3.8, 4) is 11.1 Å². The van der Waals surface area contributed by atoms with Gasteiger partial charge in [0.1, 0.15) is 23.3 Å². The zero-order chi connectivity index (χ0) is 23.0. The van der Waals surface area contributed by atoms with Crippen LogP contribution < -0.4 is 5.32 Å². The normalized spacial score (nSPS) is 25.8. The number of nitrogens with one attached hydrogen (secondary N) is 1. The average molecular weight is 436 g/mol. The van der Waals surface area contributed by atoms with E-state index < -0.39 is 5.92 Å². The Morgan fingerprint density at radius 1 is 0.938 bits per heavy atom. The fourth-order valence-corrected chi connectivity index (χ4v) is 5.80. The number of aryl methyl sites for hydroxylation is 2. The van der Waals surface area contributed by atoms with Crippen LogP contribution in [0.25, 0.3) is 11.1 Å². The first-order chi connectivity index (χ1) is 15.2. The Morgan fingerprint density at radius 3 is 1.97 bits per heavy atom. The average Bonchev–Trinajstić information content (AvgIpc) is 2.75. The van der Waals surface area contributed by atoms with Gasteiger partial charge in [0.05, 0.1) is 0 Å². The van der Waals surface area contributed by atoms with E-state index in [1.54, 1.807) is 19.2 Å². The van der Waals surface area contributed by atoms with Gasteiger partial charge in [0.25, 0.3) is 0 Å². The Labute approximate surface area is 188 Å². The number of Topliss-reactive ketones (excluding diaryl/α,β-unsaturated/α-hetero) is 2. The molecular formula is C27H30FNO3. The second-order valence-electron chi connectivity index (χ2n) is 9.64. The van der Waals surface area contributed by atoms with Gasteiger partial charge < -0.3 is 5.32 Å². The molecule has 4 rings (SSSR count). The summed E-state index contributed by atoms with van der Waals surface area (Å²) in [6.45, 7) is 3.88. The van der Waals surface area contributed by atoms with Crippen molar-refractivity contribution < 1.29 is 18.8 Å². The monoisotopic (exact) mass is 435 g/mol. The van der Waals surface area contributed by atoms with Crippen LogP contribution in [0.5, 0.6) is 0 Å². The molecule has 2 saturated carbocycles. The molecule has 0 radical (unpaired) electrons.